The SMILES string of the molecule is CO[C@H](C)c1cccc(NC(=O)C(=O)NC2CCSCC2)c1. The Kier molecular flexibility index (Phi) is 6.27. The lowest BCUT2D eigenvalue weighted by atomic mass is 10.1. The Morgan fingerprint density at radius 2 is 2.00 bits per heavy atom. The van der Waals surface area contributed by atoms with E-state index in [1.165, 1.54) is 0 Å². The molecule has 0 radical (unpaired) electrons. The van der Waals surface area contributed by atoms with Gasteiger partial charge in [0.1, 0.15) is 0 Å². The van der Waals surface area contributed by atoms with Crippen LogP contribution < -0.4 is 10.6 Å². The first-order valence-electron chi connectivity index (χ1n) is 7.42. The van der Waals surface area contributed by atoms with Crippen LogP contribution in [0.3, 0.4) is 0 Å². The average Bonchev–Trinajstić information content (AvgIpc) is 2.55. The van der Waals surface area contributed by atoms with Gasteiger partial charge >= 0.3 is 11.8 Å². The van der Waals surface area contributed by atoms with E-state index in [2.05, 4.69) is 10.6 Å². The maximum absolute atomic E-state index is 12.0. The minimum Gasteiger partial charge on any atom is -0.377 e. The van der Waals surface area contributed by atoms with Crippen LogP contribution in [0.25, 0.3) is 0 Å². The van der Waals surface area contributed by atoms with E-state index in [4.69, 9.17) is 4.74 Å². The molecular formula is C16H22N2O3S. The first kappa shape index (κ1) is 16.8. The summed E-state index contributed by atoms with van der Waals surface area (Å²) in [6, 6.07) is 7.44. The van der Waals surface area contributed by atoms with E-state index in [1.807, 2.05) is 36.9 Å². The zero-order valence-electron chi connectivity index (χ0n) is 12.9. The predicted octanol–water partition coefficient (Wildman–Crippen LogP) is 2.34. The molecule has 0 saturated carbocycles. The van der Waals surface area contributed by atoms with Crippen LogP contribution in [0.15, 0.2) is 24.3 Å². The molecule has 6 heteroatoms. The molecule has 2 N–H and O–H groups in total. The number of anilines is 1. The van der Waals surface area contributed by atoms with Gasteiger partial charge in [0.05, 0.1) is 6.10 Å². The molecule has 0 unspecified atom stereocenters. The van der Waals surface area contributed by atoms with Crippen molar-refractivity contribution < 1.29 is 14.3 Å². The van der Waals surface area contributed by atoms with Crippen molar-refractivity contribution in [1.82, 2.24) is 5.32 Å². The minimum atomic E-state index is -0.625. The Morgan fingerprint density at radius 3 is 2.68 bits per heavy atom. The van der Waals surface area contributed by atoms with Crippen molar-refractivity contribution in [1.29, 1.82) is 0 Å². The second-order valence-corrected chi connectivity index (χ2v) is 6.54. The molecule has 1 fully saturated rings. The normalized spacial score (nSPS) is 16.8. The number of carbonyl (C=O) groups excluding carboxylic acids is 2. The van der Waals surface area contributed by atoms with Crippen LogP contribution in [0.1, 0.15) is 31.4 Å². The number of amides is 2. The summed E-state index contributed by atoms with van der Waals surface area (Å²) in [5, 5.41) is 5.44. The highest BCUT2D eigenvalue weighted by Crippen LogP contribution is 2.20. The summed E-state index contributed by atoms with van der Waals surface area (Å²) in [7, 11) is 1.63. The molecule has 120 valence electrons. The van der Waals surface area contributed by atoms with Crippen LogP contribution in [0.5, 0.6) is 0 Å². The molecule has 1 saturated heterocycles. The van der Waals surface area contributed by atoms with E-state index in [-0.39, 0.29) is 12.1 Å². The van der Waals surface area contributed by atoms with Crippen molar-refractivity contribution in [2.24, 2.45) is 0 Å². The molecule has 5 nitrogen and oxygen atoms in total. The van der Waals surface area contributed by atoms with Gasteiger partial charge < -0.3 is 15.4 Å². The number of hydrogen-bond acceptors (Lipinski definition) is 4. The van der Waals surface area contributed by atoms with Crippen LogP contribution >= 0.6 is 11.8 Å². The fourth-order valence-corrected chi connectivity index (χ4v) is 3.39. The first-order chi connectivity index (χ1) is 10.6. The van der Waals surface area contributed by atoms with Gasteiger partial charge in [0, 0.05) is 18.8 Å². The molecule has 1 aliphatic heterocycles. The quantitative estimate of drug-likeness (QED) is 0.835. The maximum Gasteiger partial charge on any atom is 0.313 e. The molecule has 0 bridgehead atoms. The second kappa shape index (κ2) is 8.19. The van der Waals surface area contributed by atoms with E-state index in [9.17, 15) is 9.59 Å². The lowest BCUT2D eigenvalue weighted by Crippen LogP contribution is -2.43. The molecule has 1 aromatic rings. The van der Waals surface area contributed by atoms with E-state index in [0.29, 0.717) is 5.69 Å². The van der Waals surface area contributed by atoms with Crippen LogP contribution in [0.4, 0.5) is 5.69 Å². The molecule has 0 aromatic heterocycles. The third kappa shape index (κ3) is 4.74. The molecule has 2 amide bonds. The number of methoxy groups -OCH3 is 1. The molecule has 22 heavy (non-hydrogen) atoms. The number of thioether (sulfide) groups is 1. The number of carbonyl (C=O) groups is 2. The van der Waals surface area contributed by atoms with Crippen molar-refractivity contribution in [2.75, 3.05) is 23.9 Å². The van der Waals surface area contributed by atoms with Crippen molar-refractivity contribution in [3.63, 3.8) is 0 Å². The highest BCUT2D eigenvalue weighted by Gasteiger charge is 2.20. The smallest absolute Gasteiger partial charge is 0.313 e. The zero-order valence-corrected chi connectivity index (χ0v) is 13.7. The summed E-state index contributed by atoms with van der Waals surface area (Å²) in [5.74, 6) is 0.870. The van der Waals surface area contributed by atoms with E-state index in [0.717, 1.165) is 29.9 Å². The van der Waals surface area contributed by atoms with Gasteiger partial charge in [0.2, 0.25) is 0 Å². The Labute approximate surface area is 135 Å². The van der Waals surface area contributed by atoms with Gasteiger partial charge in [0.25, 0.3) is 0 Å². The largest absolute Gasteiger partial charge is 0.377 e. The highest BCUT2D eigenvalue weighted by molar-refractivity contribution is 7.99. The molecule has 2 rings (SSSR count). The van der Waals surface area contributed by atoms with Crippen molar-refractivity contribution in [3.05, 3.63) is 29.8 Å². The first-order valence-corrected chi connectivity index (χ1v) is 8.58. The third-order valence-corrected chi connectivity index (χ3v) is 4.78. The predicted molar refractivity (Wildman–Crippen MR) is 89.0 cm³/mol. The van der Waals surface area contributed by atoms with Gasteiger partial charge in [-0.3, -0.25) is 9.59 Å². The summed E-state index contributed by atoms with van der Waals surface area (Å²) >= 11 is 1.88. The van der Waals surface area contributed by atoms with Gasteiger partial charge in [-0.15, -0.1) is 0 Å². The molecule has 1 atom stereocenters. The standard InChI is InChI=1S/C16H22N2O3S/c1-11(21-2)12-4-3-5-14(10-12)18-16(20)15(19)17-13-6-8-22-9-7-13/h3-5,10-11,13H,6-9H2,1-2H3,(H,17,19)(H,18,20)/t11-/m1/s1. The number of nitrogens with one attached hydrogen (secondary N) is 2. The fraction of sp³-hybridized carbons (Fsp3) is 0.500. The number of hydrogen-bond donors (Lipinski definition) is 2. The van der Waals surface area contributed by atoms with Gasteiger partial charge in [-0.1, -0.05) is 12.1 Å². The van der Waals surface area contributed by atoms with Crippen LogP contribution in [0, 0.1) is 0 Å². The Bertz CT molecular complexity index is 530. The van der Waals surface area contributed by atoms with E-state index >= 15 is 0 Å². The molecule has 1 heterocycles. The second-order valence-electron chi connectivity index (χ2n) is 5.32. The number of ether oxygens (including phenoxy) is 1. The molecule has 1 aromatic carbocycles. The zero-order chi connectivity index (χ0) is 15.9. The Balaban J connectivity index is 1.91. The summed E-state index contributed by atoms with van der Waals surface area (Å²) in [6.45, 7) is 1.93. The fourth-order valence-electron chi connectivity index (χ4n) is 2.29. The van der Waals surface area contributed by atoms with E-state index in [1.54, 1.807) is 13.2 Å². The lowest BCUT2D eigenvalue weighted by molar-refractivity contribution is -0.136. The summed E-state index contributed by atoms with van der Waals surface area (Å²) in [4.78, 5) is 23.9. The average molecular weight is 322 g/mol. The van der Waals surface area contributed by atoms with Crippen molar-refractivity contribution >= 4 is 29.3 Å². The molecular weight excluding hydrogens is 300 g/mol. The summed E-state index contributed by atoms with van der Waals surface area (Å²) < 4.78 is 5.25. The van der Waals surface area contributed by atoms with Crippen LogP contribution in [0.2, 0.25) is 0 Å². The van der Waals surface area contributed by atoms with Crippen LogP contribution in [-0.4, -0.2) is 36.5 Å². The van der Waals surface area contributed by atoms with Crippen LogP contribution in [-0.2, 0) is 14.3 Å². The highest BCUT2D eigenvalue weighted by atomic mass is 32.2. The Morgan fingerprint density at radius 1 is 1.27 bits per heavy atom. The van der Waals surface area contributed by atoms with Gasteiger partial charge in [-0.25, -0.2) is 0 Å². The summed E-state index contributed by atoms with van der Waals surface area (Å²) in [5.41, 5.74) is 1.55. The Hall–Kier alpha value is -1.53. The molecule has 1 aliphatic rings. The minimum absolute atomic E-state index is 0.0644. The van der Waals surface area contributed by atoms with E-state index < -0.39 is 11.8 Å². The van der Waals surface area contributed by atoms with Gasteiger partial charge in [0.15, 0.2) is 0 Å². The topological polar surface area (TPSA) is 67.4 Å². The monoisotopic (exact) mass is 322 g/mol. The van der Waals surface area contributed by atoms with Gasteiger partial charge in [-0.05, 0) is 49.0 Å². The van der Waals surface area contributed by atoms with Crippen molar-refractivity contribution in [3.8, 4) is 0 Å². The molecule has 0 aliphatic carbocycles. The third-order valence-electron chi connectivity index (χ3n) is 3.73. The maximum atomic E-state index is 12.0. The van der Waals surface area contributed by atoms with Gasteiger partial charge in [-0.2, -0.15) is 11.8 Å². The number of benzene rings is 1. The van der Waals surface area contributed by atoms with Crippen molar-refractivity contribution in [2.45, 2.75) is 31.9 Å². The number of rotatable bonds is 4. The molecule has 0 spiro atoms. The summed E-state index contributed by atoms with van der Waals surface area (Å²) in [6.07, 6.45) is 1.78. The lowest BCUT2D eigenvalue weighted by Gasteiger charge is -2.22.